The van der Waals surface area contributed by atoms with Gasteiger partial charge in [-0.1, -0.05) is 23.4 Å². The Morgan fingerprint density at radius 2 is 2.31 bits per heavy atom. The van der Waals surface area contributed by atoms with Gasteiger partial charge in [0.2, 0.25) is 0 Å². The van der Waals surface area contributed by atoms with E-state index in [2.05, 4.69) is 22.1 Å². The number of rotatable bonds is 2. The van der Waals surface area contributed by atoms with Crippen LogP contribution < -0.4 is 5.32 Å². The first-order valence-electron chi connectivity index (χ1n) is 5.21. The summed E-state index contributed by atoms with van der Waals surface area (Å²) in [4.78, 5) is 3.12. The fraction of sp³-hybridized carbons (Fsp3) is 0.231. The molecule has 0 amide bonds. The van der Waals surface area contributed by atoms with Gasteiger partial charge in [-0.3, -0.25) is 0 Å². The Morgan fingerprint density at radius 1 is 1.44 bits per heavy atom. The SMILES string of the molecule is CNCCC#Cc1cc2cc[nH]c2cc1Cl. The smallest absolute Gasteiger partial charge is 0.0583 e. The van der Waals surface area contributed by atoms with Crippen LogP contribution in [-0.2, 0) is 0 Å². The van der Waals surface area contributed by atoms with E-state index in [1.54, 1.807) is 0 Å². The lowest BCUT2D eigenvalue weighted by Gasteiger charge is -1.96. The Bertz CT molecular complexity index is 546. The van der Waals surface area contributed by atoms with Crippen molar-refractivity contribution in [2.45, 2.75) is 6.42 Å². The van der Waals surface area contributed by atoms with Crippen LogP contribution in [0.4, 0.5) is 0 Å². The third-order valence-electron chi connectivity index (χ3n) is 2.36. The first kappa shape index (κ1) is 11.1. The first-order chi connectivity index (χ1) is 7.81. The van der Waals surface area contributed by atoms with Gasteiger partial charge in [0.05, 0.1) is 5.02 Å². The highest BCUT2D eigenvalue weighted by Gasteiger charge is 2.00. The molecule has 3 heteroatoms. The van der Waals surface area contributed by atoms with Crippen LogP contribution in [-0.4, -0.2) is 18.6 Å². The maximum Gasteiger partial charge on any atom is 0.0583 e. The van der Waals surface area contributed by atoms with E-state index in [0.29, 0.717) is 5.02 Å². The number of fused-ring (bicyclic) bond motifs is 1. The van der Waals surface area contributed by atoms with Crippen molar-refractivity contribution in [3.05, 3.63) is 35.0 Å². The zero-order valence-corrected chi connectivity index (χ0v) is 9.86. The second-order valence-electron chi connectivity index (χ2n) is 3.55. The molecule has 0 aliphatic heterocycles. The minimum absolute atomic E-state index is 0.701. The van der Waals surface area contributed by atoms with Crippen molar-refractivity contribution in [2.24, 2.45) is 0 Å². The van der Waals surface area contributed by atoms with Gasteiger partial charge in [-0.2, -0.15) is 0 Å². The Balaban J connectivity index is 2.28. The highest BCUT2D eigenvalue weighted by Crippen LogP contribution is 2.22. The lowest BCUT2D eigenvalue weighted by Crippen LogP contribution is -2.05. The molecule has 0 unspecified atom stereocenters. The minimum Gasteiger partial charge on any atom is -0.361 e. The van der Waals surface area contributed by atoms with Gasteiger partial charge in [0.15, 0.2) is 0 Å². The molecule has 0 saturated heterocycles. The Labute approximate surface area is 100.0 Å². The number of benzene rings is 1. The molecule has 82 valence electrons. The molecule has 1 aromatic heterocycles. The fourth-order valence-electron chi connectivity index (χ4n) is 1.52. The molecule has 0 atom stereocenters. The summed E-state index contributed by atoms with van der Waals surface area (Å²) >= 11 is 6.13. The van der Waals surface area contributed by atoms with E-state index < -0.39 is 0 Å². The van der Waals surface area contributed by atoms with Gasteiger partial charge in [0.25, 0.3) is 0 Å². The molecule has 0 spiro atoms. The van der Waals surface area contributed by atoms with E-state index in [-0.39, 0.29) is 0 Å². The predicted octanol–water partition coefficient (Wildman–Crippen LogP) is 2.78. The Morgan fingerprint density at radius 3 is 3.12 bits per heavy atom. The normalized spacial score (nSPS) is 10.1. The van der Waals surface area contributed by atoms with Crippen molar-refractivity contribution >= 4 is 22.5 Å². The van der Waals surface area contributed by atoms with Crippen molar-refractivity contribution < 1.29 is 0 Å². The van der Waals surface area contributed by atoms with E-state index in [9.17, 15) is 0 Å². The van der Waals surface area contributed by atoms with Crippen LogP contribution in [0.5, 0.6) is 0 Å². The minimum atomic E-state index is 0.701. The first-order valence-corrected chi connectivity index (χ1v) is 5.59. The van der Waals surface area contributed by atoms with Crippen molar-refractivity contribution in [1.29, 1.82) is 0 Å². The van der Waals surface area contributed by atoms with E-state index >= 15 is 0 Å². The average molecular weight is 233 g/mol. The quantitative estimate of drug-likeness (QED) is 0.605. The molecule has 2 nitrogen and oxygen atoms in total. The zero-order valence-electron chi connectivity index (χ0n) is 9.10. The molecule has 2 rings (SSSR count). The van der Waals surface area contributed by atoms with Crippen molar-refractivity contribution in [3.8, 4) is 11.8 Å². The van der Waals surface area contributed by atoms with Gasteiger partial charge >= 0.3 is 0 Å². The largest absolute Gasteiger partial charge is 0.361 e. The van der Waals surface area contributed by atoms with Gasteiger partial charge < -0.3 is 10.3 Å². The third-order valence-corrected chi connectivity index (χ3v) is 2.68. The topological polar surface area (TPSA) is 27.8 Å². The second-order valence-corrected chi connectivity index (χ2v) is 3.96. The highest BCUT2D eigenvalue weighted by molar-refractivity contribution is 6.32. The van der Waals surface area contributed by atoms with E-state index in [1.165, 1.54) is 0 Å². The number of halogens is 1. The predicted molar refractivity (Wildman–Crippen MR) is 68.7 cm³/mol. The number of H-pyrrole nitrogens is 1. The molecular weight excluding hydrogens is 220 g/mol. The molecule has 2 aromatic rings. The molecule has 0 radical (unpaired) electrons. The summed E-state index contributed by atoms with van der Waals surface area (Å²) in [6.07, 6.45) is 2.73. The summed E-state index contributed by atoms with van der Waals surface area (Å²) in [6.45, 7) is 0.900. The van der Waals surface area contributed by atoms with Gasteiger partial charge in [-0.05, 0) is 25.2 Å². The summed E-state index contributed by atoms with van der Waals surface area (Å²) in [5.41, 5.74) is 1.94. The molecule has 0 bridgehead atoms. The lowest BCUT2D eigenvalue weighted by molar-refractivity contribution is 0.818. The highest BCUT2D eigenvalue weighted by atomic mass is 35.5. The number of hydrogen-bond donors (Lipinski definition) is 2. The van der Waals surface area contributed by atoms with E-state index in [0.717, 1.165) is 29.4 Å². The van der Waals surface area contributed by atoms with Gasteiger partial charge in [0.1, 0.15) is 0 Å². The maximum atomic E-state index is 6.13. The molecule has 0 aliphatic rings. The van der Waals surface area contributed by atoms with E-state index in [1.807, 2.05) is 31.4 Å². The zero-order chi connectivity index (χ0) is 11.4. The summed E-state index contributed by atoms with van der Waals surface area (Å²) in [5.74, 6) is 6.19. The molecule has 0 saturated carbocycles. The van der Waals surface area contributed by atoms with Crippen molar-refractivity contribution in [1.82, 2.24) is 10.3 Å². The average Bonchev–Trinajstić information content (AvgIpc) is 2.71. The summed E-state index contributed by atoms with van der Waals surface area (Å²) in [6, 6.07) is 5.95. The lowest BCUT2D eigenvalue weighted by atomic mass is 10.1. The molecule has 0 aliphatic carbocycles. The fourth-order valence-corrected chi connectivity index (χ4v) is 1.73. The molecule has 0 fully saturated rings. The van der Waals surface area contributed by atoms with Crippen LogP contribution in [0.25, 0.3) is 10.9 Å². The second kappa shape index (κ2) is 5.07. The van der Waals surface area contributed by atoms with Crippen LogP contribution in [0.3, 0.4) is 0 Å². The van der Waals surface area contributed by atoms with Crippen LogP contribution in [0.1, 0.15) is 12.0 Å². The molecule has 2 N–H and O–H groups in total. The van der Waals surface area contributed by atoms with Crippen LogP contribution >= 0.6 is 11.6 Å². The van der Waals surface area contributed by atoms with Crippen LogP contribution in [0.15, 0.2) is 24.4 Å². The molecule has 1 heterocycles. The van der Waals surface area contributed by atoms with Gasteiger partial charge in [-0.15, -0.1) is 0 Å². The van der Waals surface area contributed by atoms with Gasteiger partial charge in [0, 0.05) is 35.6 Å². The summed E-state index contributed by atoms with van der Waals surface area (Å²) in [7, 11) is 1.92. The van der Waals surface area contributed by atoms with E-state index in [4.69, 9.17) is 11.6 Å². The molecular formula is C13H13ClN2. The van der Waals surface area contributed by atoms with Crippen LogP contribution in [0.2, 0.25) is 5.02 Å². The number of nitrogens with one attached hydrogen (secondary N) is 2. The maximum absolute atomic E-state index is 6.13. The summed E-state index contributed by atoms with van der Waals surface area (Å²) < 4.78 is 0. The Kier molecular flexibility index (Phi) is 3.51. The molecule has 1 aromatic carbocycles. The molecule has 16 heavy (non-hydrogen) atoms. The number of hydrogen-bond acceptors (Lipinski definition) is 1. The monoisotopic (exact) mass is 232 g/mol. The van der Waals surface area contributed by atoms with Crippen molar-refractivity contribution in [2.75, 3.05) is 13.6 Å². The number of aromatic amines is 1. The third kappa shape index (κ3) is 2.38. The number of aromatic nitrogens is 1. The standard InChI is InChI=1S/C13H13ClN2/c1-15-6-3-2-4-10-8-11-5-7-16-13(11)9-12(10)14/h5,7-9,15-16H,3,6H2,1H3. The van der Waals surface area contributed by atoms with Gasteiger partial charge in [-0.25, -0.2) is 0 Å². The van der Waals surface area contributed by atoms with Crippen molar-refractivity contribution in [3.63, 3.8) is 0 Å². The Hall–Kier alpha value is -1.43. The summed E-state index contributed by atoms with van der Waals surface area (Å²) in [5, 5.41) is 4.90. The van der Waals surface area contributed by atoms with Crippen LogP contribution in [0, 0.1) is 11.8 Å².